The molecule has 24 heavy (non-hydrogen) atoms. The molecule has 1 heterocycles. The van der Waals surface area contributed by atoms with Gasteiger partial charge in [0.15, 0.2) is 5.96 Å². The zero-order chi connectivity index (χ0) is 17.2. The normalized spacial score (nSPS) is 12.0. The number of hydrogen-bond acceptors (Lipinski definition) is 4. The van der Waals surface area contributed by atoms with Crippen LogP contribution < -0.4 is 10.6 Å². The van der Waals surface area contributed by atoms with Crippen LogP contribution in [0.5, 0.6) is 0 Å². The Balaban J connectivity index is 0.00000529. The van der Waals surface area contributed by atoms with Crippen LogP contribution in [0.2, 0.25) is 0 Å². The van der Waals surface area contributed by atoms with Crippen molar-refractivity contribution in [1.82, 2.24) is 20.5 Å². The first-order valence-electron chi connectivity index (χ1n) is 8.63. The number of hydrogen-bond donors (Lipinski definition) is 2. The number of nitrogens with zero attached hydrogens (tertiary/aromatic N) is 3. The number of aliphatic imine (C=N–C) groups is 1. The van der Waals surface area contributed by atoms with E-state index >= 15 is 0 Å². The molecule has 2 N–H and O–H groups in total. The lowest BCUT2D eigenvalue weighted by Crippen LogP contribution is -2.41. The molecule has 140 valence electrons. The molecule has 0 saturated heterocycles. The van der Waals surface area contributed by atoms with E-state index < -0.39 is 0 Å². The van der Waals surface area contributed by atoms with Crippen LogP contribution in [-0.2, 0) is 6.42 Å². The molecule has 1 rings (SSSR count). The van der Waals surface area contributed by atoms with Crippen molar-refractivity contribution in [1.29, 1.82) is 0 Å². The van der Waals surface area contributed by atoms with Gasteiger partial charge in [0.25, 0.3) is 0 Å². The Hall–Kier alpha value is -0.410. The fourth-order valence-electron chi connectivity index (χ4n) is 2.54. The molecule has 1 aromatic heterocycles. The summed E-state index contributed by atoms with van der Waals surface area (Å²) in [5.41, 5.74) is 0. The predicted molar refractivity (Wildman–Crippen MR) is 117 cm³/mol. The number of thiazole rings is 1. The molecule has 0 unspecified atom stereocenters. The number of guanidine groups is 1. The highest BCUT2D eigenvalue weighted by atomic mass is 127. The summed E-state index contributed by atoms with van der Waals surface area (Å²) in [5, 5.41) is 7.88. The predicted octanol–water partition coefficient (Wildman–Crippen LogP) is 3.29. The van der Waals surface area contributed by atoms with Gasteiger partial charge in [-0.2, -0.15) is 0 Å². The van der Waals surface area contributed by atoms with Crippen molar-refractivity contribution in [3.05, 3.63) is 16.1 Å². The van der Waals surface area contributed by atoms with E-state index in [1.807, 2.05) is 6.20 Å². The van der Waals surface area contributed by atoms with Gasteiger partial charge in [0.05, 0.1) is 11.6 Å². The molecule has 0 fully saturated rings. The van der Waals surface area contributed by atoms with Gasteiger partial charge >= 0.3 is 0 Å². The summed E-state index contributed by atoms with van der Waals surface area (Å²) in [7, 11) is 0. The maximum absolute atomic E-state index is 4.69. The van der Waals surface area contributed by atoms with Crippen LogP contribution in [0.1, 0.15) is 44.5 Å². The molecule has 0 bridgehead atoms. The second kappa shape index (κ2) is 12.9. The SMILES string of the molecule is CCNC(=NCCN(C(C)C)C(C)C)NCCc1ncc(C)s1.I. The average molecular weight is 467 g/mol. The summed E-state index contributed by atoms with van der Waals surface area (Å²) < 4.78 is 0. The molecule has 0 aliphatic heterocycles. The number of aromatic nitrogens is 1. The number of nitrogens with one attached hydrogen (secondary N) is 2. The average Bonchev–Trinajstić information content (AvgIpc) is 2.88. The van der Waals surface area contributed by atoms with Gasteiger partial charge in [-0.1, -0.05) is 0 Å². The molecule has 0 amide bonds. The standard InChI is InChI=1S/C17H33N5S.HI/c1-7-18-17(19-9-8-16-21-12-15(6)23-16)20-10-11-22(13(2)3)14(4)5;/h12-14H,7-11H2,1-6H3,(H2,18,19,20);1H. The maximum atomic E-state index is 4.69. The Kier molecular flexibility index (Phi) is 12.7. The van der Waals surface area contributed by atoms with E-state index in [1.54, 1.807) is 11.3 Å². The van der Waals surface area contributed by atoms with Gasteiger partial charge in [-0.25, -0.2) is 4.98 Å². The Labute approximate surface area is 168 Å². The molecule has 0 aliphatic rings. The summed E-state index contributed by atoms with van der Waals surface area (Å²) in [6.07, 6.45) is 2.87. The Bertz CT molecular complexity index is 465. The molecule has 0 spiro atoms. The minimum atomic E-state index is 0. The third-order valence-corrected chi connectivity index (χ3v) is 4.57. The summed E-state index contributed by atoms with van der Waals surface area (Å²) >= 11 is 1.76. The van der Waals surface area contributed by atoms with Crippen molar-refractivity contribution in [2.45, 2.75) is 60.0 Å². The van der Waals surface area contributed by atoms with Crippen LogP contribution in [0.3, 0.4) is 0 Å². The van der Waals surface area contributed by atoms with Gasteiger partial charge in [0.2, 0.25) is 0 Å². The summed E-state index contributed by atoms with van der Waals surface area (Å²) in [6, 6.07) is 1.10. The number of halogens is 1. The molecule has 0 saturated carbocycles. The van der Waals surface area contributed by atoms with Crippen molar-refractivity contribution in [2.75, 3.05) is 26.2 Å². The van der Waals surface area contributed by atoms with Crippen LogP contribution in [0.4, 0.5) is 0 Å². The second-order valence-corrected chi connectivity index (χ2v) is 7.55. The molecule has 0 aromatic carbocycles. The van der Waals surface area contributed by atoms with E-state index in [1.165, 1.54) is 9.88 Å². The Morgan fingerprint density at radius 2 is 1.92 bits per heavy atom. The first-order chi connectivity index (χ1) is 10.9. The highest BCUT2D eigenvalue weighted by molar-refractivity contribution is 14.0. The third kappa shape index (κ3) is 9.17. The van der Waals surface area contributed by atoms with E-state index in [-0.39, 0.29) is 24.0 Å². The lowest BCUT2D eigenvalue weighted by Gasteiger charge is -2.29. The van der Waals surface area contributed by atoms with Crippen LogP contribution in [0, 0.1) is 6.92 Å². The quantitative estimate of drug-likeness (QED) is 0.333. The molecular weight excluding hydrogens is 433 g/mol. The molecule has 0 radical (unpaired) electrons. The minimum absolute atomic E-state index is 0. The first kappa shape index (κ1) is 23.6. The summed E-state index contributed by atoms with van der Waals surface area (Å²) in [5.74, 6) is 0.897. The van der Waals surface area contributed by atoms with E-state index in [0.29, 0.717) is 12.1 Å². The van der Waals surface area contributed by atoms with E-state index in [0.717, 1.165) is 38.6 Å². The first-order valence-corrected chi connectivity index (χ1v) is 9.44. The second-order valence-electron chi connectivity index (χ2n) is 6.23. The fraction of sp³-hybridized carbons (Fsp3) is 0.765. The van der Waals surface area contributed by atoms with Crippen LogP contribution in [-0.4, -0.2) is 54.1 Å². The van der Waals surface area contributed by atoms with Crippen molar-refractivity contribution in [3.63, 3.8) is 0 Å². The zero-order valence-corrected chi connectivity index (χ0v) is 19.1. The highest BCUT2D eigenvalue weighted by Crippen LogP contribution is 2.10. The molecule has 7 heteroatoms. The van der Waals surface area contributed by atoms with Gasteiger partial charge in [-0.15, -0.1) is 35.3 Å². The maximum Gasteiger partial charge on any atom is 0.191 e. The topological polar surface area (TPSA) is 52.6 Å². The van der Waals surface area contributed by atoms with E-state index in [2.05, 4.69) is 62.1 Å². The lowest BCUT2D eigenvalue weighted by molar-refractivity contribution is 0.181. The lowest BCUT2D eigenvalue weighted by atomic mass is 10.2. The Morgan fingerprint density at radius 3 is 2.42 bits per heavy atom. The monoisotopic (exact) mass is 467 g/mol. The Morgan fingerprint density at radius 1 is 1.25 bits per heavy atom. The fourth-order valence-corrected chi connectivity index (χ4v) is 3.32. The van der Waals surface area contributed by atoms with Gasteiger partial charge < -0.3 is 10.6 Å². The minimum Gasteiger partial charge on any atom is -0.357 e. The van der Waals surface area contributed by atoms with Gasteiger partial charge in [-0.3, -0.25) is 9.89 Å². The molecule has 5 nitrogen and oxygen atoms in total. The zero-order valence-electron chi connectivity index (χ0n) is 15.9. The summed E-state index contributed by atoms with van der Waals surface area (Å²) in [6.45, 7) is 16.7. The molecular formula is C17H34IN5S. The van der Waals surface area contributed by atoms with Gasteiger partial charge in [0.1, 0.15) is 0 Å². The smallest absolute Gasteiger partial charge is 0.191 e. The number of rotatable bonds is 9. The summed E-state index contributed by atoms with van der Waals surface area (Å²) in [4.78, 5) is 12.8. The molecule has 0 atom stereocenters. The van der Waals surface area contributed by atoms with Crippen molar-refractivity contribution in [2.24, 2.45) is 4.99 Å². The highest BCUT2D eigenvalue weighted by Gasteiger charge is 2.12. The van der Waals surface area contributed by atoms with Crippen molar-refractivity contribution in [3.8, 4) is 0 Å². The third-order valence-electron chi connectivity index (χ3n) is 3.60. The van der Waals surface area contributed by atoms with Gasteiger partial charge in [0, 0.05) is 49.2 Å². The largest absolute Gasteiger partial charge is 0.357 e. The van der Waals surface area contributed by atoms with Crippen LogP contribution in [0.25, 0.3) is 0 Å². The van der Waals surface area contributed by atoms with Crippen LogP contribution in [0.15, 0.2) is 11.2 Å². The van der Waals surface area contributed by atoms with E-state index in [9.17, 15) is 0 Å². The van der Waals surface area contributed by atoms with Crippen molar-refractivity contribution >= 4 is 41.3 Å². The van der Waals surface area contributed by atoms with Crippen LogP contribution >= 0.6 is 35.3 Å². The van der Waals surface area contributed by atoms with Crippen molar-refractivity contribution < 1.29 is 0 Å². The van der Waals surface area contributed by atoms with E-state index in [4.69, 9.17) is 4.99 Å². The molecule has 1 aromatic rings. The number of aryl methyl sites for hydroxylation is 1. The van der Waals surface area contributed by atoms with Gasteiger partial charge in [-0.05, 0) is 41.5 Å². The molecule has 0 aliphatic carbocycles.